The Bertz CT molecular complexity index is 593. The van der Waals surface area contributed by atoms with Crippen molar-refractivity contribution in [2.24, 2.45) is 5.73 Å². The Kier molecular flexibility index (Phi) is 3.45. The highest BCUT2D eigenvalue weighted by Gasteiger charge is 2.36. The first-order chi connectivity index (χ1) is 9.98. The molecule has 0 spiro atoms. The van der Waals surface area contributed by atoms with Crippen LogP contribution in [0.15, 0.2) is 18.2 Å². The SMILES string of the molecule is NC1(CC(=O)N2CCc3c(cccc3C(=O)O)C2)CCC1. The molecular weight excluding hydrogens is 268 g/mol. The highest BCUT2D eigenvalue weighted by atomic mass is 16.4. The van der Waals surface area contributed by atoms with E-state index in [1.165, 1.54) is 0 Å². The molecule has 112 valence electrons. The first-order valence-electron chi connectivity index (χ1n) is 7.39. The van der Waals surface area contributed by atoms with Crippen molar-refractivity contribution >= 4 is 11.9 Å². The van der Waals surface area contributed by atoms with Crippen molar-refractivity contribution in [3.8, 4) is 0 Å². The van der Waals surface area contributed by atoms with Gasteiger partial charge in [-0.05, 0) is 42.9 Å². The van der Waals surface area contributed by atoms with Crippen molar-refractivity contribution in [2.45, 2.75) is 44.2 Å². The van der Waals surface area contributed by atoms with Gasteiger partial charge in [0, 0.05) is 25.0 Å². The van der Waals surface area contributed by atoms with Crippen LogP contribution in [-0.2, 0) is 17.8 Å². The zero-order valence-corrected chi connectivity index (χ0v) is 12.0. The molecule has 1 amide bonds. The lowest BCUT2D eigenvalue weighted by atomic mass is 9.75. The number of hydrogen-bond acceptors (Lipinski definition) is 3. The smallest absolute Gasteiger partial charge is 0.335 e. The largest absolute Gasteiger partial charge is 0.478 e. The van der Waals surface area contributed by atoms with E-state index in [1.54, 1.807) is 17.0 Å². The van der Waals surface area contributed by atoms with E-state index in [0.717, 1.165) is 30.4 Å². The van der Waals surface area contributed by atoms with Crippen LogP contribution in [0.5, 0.6) is 0 Å². The number of aromatic carboxylic acids is 1. The highest BCUT2D eigenvalue weighted by molar-refractivity contribution is 5.90. The number of nitrogens with two attached hydrogens (primary N) is 1. The molecule has 1 heterocycles. The fourth-order valence-corrected chi connectivity index (χ4v) is 3.24. The number of benzene rings is 1. The van der Waals surface area contributed by atoms with Gasteiger partial charge in [-0.3, -0.25) is 4.79 Å². The molecule has 3 rings (SSSR count). The Balaban J connectivity index is 1.74. The second kappa shape index (κ2) is 5.15. The predicted octanol–water partition coefficient (Wildman–Crippen LogP) is 1.54. The number of carbonyl (C=O) groups is 2. The van der Waals surface area contributed by atoms with Crippen LogP contribution in [0.3, 0.4) is 0 Å². The van der Waals surface area contributed by atoms with Gasteiger partial charge in [0.15, 0.2) is 0 Å². The van der Waals surface area contributed by atoms with Gasteiger partial charge in [-0.1, -0.05) is 12.1 Å². The minimum Gasteiger partial charge on any atom is -0.478 e. The van der Waals surface area contributed by atoms with Crippen LogP contribution < -0.4 is 5.73 Å². The Morgan fingerprint density at radius 2 is 2.10 bits per heavy atom. The fourth-order valence-electron chi connectivity index (χ4n) is 3.24. The van der Waals surface area contributed by atoms with Crippen molar-refractivity contribution < 1.29 is 14.7 Å². The van der Waals surface area contributed by atoms with Crippen LogP contribution in [0.4, 0.5) is 0 Å². The molecule has 1 fully saturated rings. The van der Waals surface area contributed by atoms with Crippen molar-refractivity contribution in [2.75, 3.05) is 6.54 Å². The van der Waals surface area contributed by atoms with E-state index in [1.807, 2.05) is 6.07 Å². The first-order valence-corrected chi connectivity index (χ1v) is 7.39. The Morgan fingerprint density at radius 1 is 1.33 bits per heavy atom. The second-order valence-electron chi connectivity index (χ2n) is 6.21. The summed E-state index contributed by atoms with van der Waals surface area (Å²) in [7, 11) is 0. The van der Waals surface area contributed by atoms with Gasteiger partial charge in [0.05, 0.1) is 5.56 Å². The summed E-state index contributed by atoms with van der Waals surface area (Å²) in [4.78, 5) is 25.4. The molecule has 21 heavy (non-hydrogen) atoms. The fraction of sp³-hybridized carbons (Fsp3) is 0.500. The Morgan fingerprint density at radius 3 is 2.71 bits per heavy atom. The van der Waals surface area contributed by atoms with E-state index in [-0.39, 0.29) is 11.4 Å². The van der Waals surface area contributed by atoms with Crippen LogP contribution in [-0.4, -0.2) is 34.0 Å². The molecule has 1 aromatic carbocycles. The quantitative estimate of drug-likeness (QED) is 0.883. The van der Waals surface area contributed by atoms with Gasteiger partial charge in [-0.15, -0.1) is 0 Å². The summed E-state index contributed by atoms with van der Waals surface area (Å²) in [6, 6.07) is 5.28. The van der Waals surface area contributed by atoms with Gasteiger partial charge in [-0.25, -0.2) is 4.79 Å². The standard InChI is InChI=1S/C16H20N2O3/c17-16(6-2-7-16)9-14(19)18-8-5-12-11(10-18)3-1-4-13(12)15(20)21/h1,3-4H,2,5-10,17H2,(H,20,21). The number of carboxylic acid groups (broad SMARTS) is 1. The van der Waals surface area contributed by atoms with E-state index in [4.69, 9.17) is 5.73 Å². The van der Waals surface area contributed by atoms with Gasteiger partial charge in [0.1, 0.15) is 0 Å². The molecule has 5 nitrogen and oxygen atoms in total. The van der Waals surface area contributed by atoms with Gasteiger partial charge in [-0.2, -0.15) is 0 Å². The van der Waals surface area contributed by atoms with E-state index in [0.29, 0.717) is 31.5 Å². The molecule has 1 aliphatic carbocycles. The van der Waals surface area contributed by atoms with Crippen LogP contribution in [0.1, 0.15) is 47.2 Å². The zero-order chi connectivity index (χ0) is 15.0. The van der Waals surface area contributed by atoms with Gasteiger partial charge in [0.25, 0.3) is 0 Å². The molecule has 0 unspecified atom stereocenters. The number of amides is 1. The monoisotopic (exact) mass is 288 g/mol. The van der Waals surface area contributed by atoms with Crippen LogP contribution in [0, 0.1) is 0 Å². The van der Waals surface area contributed by atoms with Gasteiger partial charge >= 0.3 is 5.97 Å². The van der Waals surface area contributed by atoms with Gasteiger partial charge < -0.3 is 15.7 Å². The third-order valence-electron chi connectivity index (χ3n) is 4.70. The summed E-state index contributed by atoms with van der Waals surface area (Å²) < 4.78 is 0. The lowest BCUT2D eigenvalue weighted by Gasteiger charge is -2.39. The van der Waals surface area contributed by atoms with E-state index in [9.17, 15) is 14.7 Å². The molecule has 0 radical (unpaired) electrons. The van der Waals surface area contributed by atoms with E-state index in [2.05, 4.69) is 0 Å². The molecule has 1 aliphatic heterocycles. The molecule has 0 bridgehead atoms. The molecule has 2 aliphatic rings. The summed E-state index contributed by atoms with van der Waals surface area (Å²) >= 11 is 0. The maximum Gasteiger partial charge on any atom is 0.335 e. The molecule has 3 N–H and O–H groups in total. The van der Waals surface area contributed by atoms with Crippen LogP contribution >= 0.6 is 0 Å². The molecule has 1 aromatic rings. The van der Waals surface area contributed by atoms with E-state index >= 15 is 0 Å². The zero-order valence-electron chi connectivity index (χ0n) is 12.0. The third kappa shape index (κ3) is 2.65. The summed E-state index contributed by atoms with van der Waals surface area (Å²) in [5.41, 5.74) is 7.99. The second-order valence-corrected chi connectivity index (χ2v) is 6.21. The van der Waals surface area contributed by atoms with Crippen LogP contribution in [0.25, 0.3) is 0 Å². The summed E-state index contributed by atoms with van der Waals surface area (Å²) in [6.45, 7) is 1.07. The lowest BCUT2D eigenvalue weighted by molar-refractivity contribution is -0.134. The lowest BCUT2D eigenvalue weighted by Crippen LogP contribution is -2.51. The molecule has 0 saturated heterocycles. The van der Waals surface area contributed by atoms with Gasteiger partial charge in [0.2, 0.25) is 5.91 Å². The Labute approximate surface area is 123 Å². The number of fused-ring (bicyclic) bond motifs is 1. The summed E-state index contributed by atoms with van der Waals surface area (Å²) in [6.07, 6.45) is 3.95. The van der Waals surface area contributed by atoms with Crippen molar-refractivity contribution in [3.05, 3.63) is 34.9 Å². The molecular formula is C16H20N2O3. The number of rotatable bonds is 3. The molecule has 0 aromatic heterocycles. The number of nitrogens with zero attached hydrogens (tertiary/aromatic N) is 1. The third-order valence-corrected chi connectivity index (χ3v) is 4.70. The highest BCUT2D eigenvalue weighted by Crippen LogP contribution is 2.33. The Hall–Kier alpha value is -1.88. The normalized spacial score (nSPS) is 19.6. The van der Waals surface area contributed by atoms with Crippen molar-refractivity contribution in [1.29, 1.82) is 0 Å². The maximum atomic E-state index is 12.4. The number of hydrogen-bond donors (Lipinski definition) is 2. The maximum absolute atomic E-state index is 12.4. The average molecular weight is 288 g/mol. The van der Waals surface area contributed by atoms with E-state index < -0.39 is 5.97 Å². The topological polar surface area (TPSA) is 83.6 Å². The number of carbonyl (C=O) groups excluding carboxylic acids is 1. The minimum atomic E-state index is -0.901. The molecule has 1 saturated carbocycles. The minimum absolute atomic E-state index is 0.0866. The average Bonchev–Trinajstić information content (AvgIpc) is 2.44. The first kappa shape index (κ1) is 14.1. The predicted molar refractivity (Wildman–Crippen MR) is 77.9 cm³/mol. The summed E-state index contributed by atoms with van der Waals surface area (Å²) in [5, 5.41) is 9.21. The molecule has 0 atom stereocenters. The van der Waals surface area contributed by atoms with Crippen LogP contribution in [0.2, 0.25) is 0 Å². The van der Waals surface area contributed by atoms with Crippen molar-refractivity contribution in [3.63, 3.8) is 0 Å². The van der Waals surface area contributed by atoms with Crippen molar-refractivity contribution in [1.82, 2.24) is 4.90 Å². The summed E-state index contributed by atoms with van der Waals surface area (Å²) in [5.74, 6) is -0.814. The molecule has 5 heteroatoms. The number of carboxylic acids is 1.